The number of benzene rings is 1. The number of hydrogen-bond acceptors (Lipinski definition) is 5. The number of furan rings is 1. The molecule has 0 bridgehead atoms. The highest BCUT2D eigenvalue weighted by molar-refractivity contribution is 5.83. The van der Waals surface area contributed by atoms with Crippen molar-refractivity contribution in [3.05, 3.63) is 42.3 Å². The van der Waals surface area contributed by atoms with E-state index in [4.69, 9.17) is 9.15 Å². The Balaban J connectivity index is 1.42. The Morgan fingerprint density at radius 3 is 3.25 bits per heavy atom. The van der Waals surface area contributed by atoms with E-state index in [1.54, 1.807) is 7.11 Å². The zero-order chi connectivity index (χ0) is 16.5. The van der Waals surface area contributed by atoms with Gasteiger partial charge in [-0.2, -0.15) is 5.10 Å². The fraction of sp³-hybridized carbons (Fsp3) is 0.389. The molecular weight excluding hydrogens is 304 g/mol. The molecule has 0 saturated carbocycles. The van der Waals surface area contributed by atoms with Crippen LogP contribution in [0, 0.1) is 5.92 Å². The van der Waals surface area contributed by atoms with E-state index < -0.39 is 0 Å². The lowest BCUT2D eigenvalue weighted by atomic mass is 10.1. The molecule has 6 nitrogen and oxygen atoms in total. The first-order chi connectivity index (χ1) is 11.7. The van der Waals surface area contributed by atoms with Gasteiger partial charge in [0.15, 0.2) is 11.3 Å². The van der Waals surface area contributed by atoms with Crippen LogP contribution in [0.15, 0.2) is 40.9 Å². The average molecular weight is 326 g/mol. The summed E-state index contributed by atoms with van der Waals surface area (Å²) in [6.07, 6.45) is 1.84. The summed E-state index contributed by atoms with van der Waals surface area (Å²) in [6, 6.07) is 10.2. The molecule has 1 aromatic carbocycles. The van der Waals surface area contributed by atoms with Gasteiger partial charge in [0.1, 0.15) is 11.6 Å². The molecule has 1 aliphatic heterocycles. The minimum atomic E-state index is 0.140. The predicted octanol–water partition coefficient (Wildman–Crippen LogP) is 3.03. The normalized spacial score (nSPS) is 18.2. The maximum Gasteiger partial charge on any atom is 0.176 e. The smallest absolute Gasteiger partial charge is 0.176 e. The molecular formula is C18H22N4O2. The van der Waals surface area contributed by atoms with Crippen molar-refractivity contribution in [2.24, 2.45) is 5.92 Å². The number of para-hydroxylation sites is 1. The topological polar surface area (TPSA) is 64.2 Å². The molecule has 1 aliphatic rings. The molecule has 2 N–H and O–H groups in total. The second-order valence-corrected chi connectivity index (χ2v) is 6.30. The van der Waals surface area contributed by atoms with Crippen molar-refractivity contribution in [2.75, 3.05) is 25.5 Å². The van der Waals surface area contributed by atoms with Crippen LogP contribution < -0.4 is 15.4 Å². The van der Waals surface area contributed by atoms with Gasteiger partial charge >= 0.3 is 0 Å². The molecule has 3 heterocycles. The van der Waals surface area contributed by atoms with Crippen LogP contribution in [0.1, 0.15) is 18.7 Å². The molecule has 0 saturated heterocycles. The Kier molecular flexibility index (Phi) is 3.90. The van der Waals surface area contributed by atoms with Gasteiger partial charge in [0.25, 0.3) is 0 Å². The van der Waals surface area contributed by atoms with E-state index >= 15 is 0 Å². The first kappa shape index (κ1) is 15.1. The van der Waals surface area contributed by atoms with Crippen molar-refractivity contribution in [1.29, 1.82) is 0 Å². The van der Waals surface area contributed by atoms with E-state index in [1.807, 2.05) is 35.1 Å². The molecule has 0 fully saturated rings. The van der Waals surface area contributed by atoms with Gasteiger partial charge in [0, 0.05) is 37.0 Å². The van der Waals surface area contributed by atoms with Crippen molar-refractivity contribution in [3.63, 3.8) is 0 Å². The fourth-order valence-corrected chi connectivity index (χ4v) is 3.20. The van der Waals surface area contributed by atoms with E-state index in [9.17, 15) is 0 Å². The van der Waals surface area contributed by atoms with Gasteiger partial charge in [-0.15, -0.1) is 0 Å². The molecule has 126 valence electrons. The van der Waals surface area contributed by atoms with Crippen LogP contribution in [-0.4, -0.2) is 30.0 Å². The Hall–Kier alpha value is -2.47. The second kappa shape index (κ2) is 6.20. The summed E-state index contributed by atoms with van der Waals surface area (Å²) in [6.45, 7) is 4.92. The number of fused-ring (bicyclic) bond motifs is 2. The van der Waals surface area contributed by atoms with Crippen molar-refractivity contribution >= 4 is 16.8 Å². The SMILES string of the molecule is COc1cccc2cc([C@@H](C)NC[C@@H]3CNc4ccnn4C3)oc12. The molecule has 0 radical (unpaired) electrons. The van der Waals surface area contributed by atoms with Gasteiger partial charge in [-0.3, -0.25) is 0 Å². The lowest BCUT2D eigenvalue weighted by Crippen LogP contribution is -2.36. The number of nitrogens with zero attached hydrogens (tertiary/aromatic N) is 2. The van der Waals surface area contributed by atoms with Crippen LogP contribution in [0.25, 0.3) is 11.0 Å². The number of methoxy groups -OCH3 is 1. The summed E-state index contributed by atoms with van der Waals surface area (Å²) in [7, 11) is 1.66. The molecule has 0 aliphatic carbocycles. The standard InChI is InChI=1S/C18H22N4O2/c1-12(16-8-14-4-3-5-15(23-2)18(14)24-16)19-9-13-10-20-17-6-7-21-22(17)11-13/h3-8,12-13,19-20H,9-11H2,1-2H3/t12-,13-/m1/s1. The zero-order valence-electron chi connectivity index (χ0n) is 14.0. The minimum absolute atomic E-state index is 0.140. The first-order valence-electron chi connectivity index (χ1n) is 8.30. The summed E-state index contributed by atoms with van der Waals surface area (Å²) >= 11 is 0. The molecule has 2 atom stereocenters. The highest BCUT2D eigenvalue weighted by Crippen LogP contribution is 2.31. The summed E-state index contributed by atoms with van der Waals surface area (Å²) in [4.78, 5) is 0. The highest BCUT2D eigenvalue weighted by atomic mass is 16.5. The van der Waals surface area contributed by atoms with Gasteiger partial charge in [0.05, 0.1) is 19.3 Å². The van der Waals surface area contributed by atoms with Crippen LogP contribution in [-0.2, 0) is 6.54 Å². The fourth-order valence-electron chi connectivity index (χ4n) is 3.20. The number of hydrogen-bond donors (Lipinski definition) is 2. The van der Waals surface area contributed by atoms with Crippen LogP contribution in [0.2, 0.25) is 0 Å². The number of nitrogens with one attached hydrogen (secondary N) is 2. The number of ether oxygens (including phenoxy) is 1. The lowest BCUT2D eigenvalue weighted by molar-refractivity contribution is 0.357. The average Bonchev–Trinajstić information content (AvgIpc) is 3.25. The molecule has 3 aromatic rings. The quantitative estimate of drug-likeness (QED) is 0.754. The Bertz CT molecular complexity index is 839. The Morgan fingerprint density at radius 2 is 2.38 bits per heavy atom. The monoisotopic (exact) mass is 326 g/mol. The van der Waals surface area contributed by atoms with E-state index in [0.717, 1.165) is 47.9 Å². The molecule has 6 heteroatoms. The second-order valence-electron chi connectivity index (χ2n) is 6.30. The van der Waals surface area contributed by atoms with E-state index in [0.29, 0.717) is 5.92 Å². The zero-order valence-corrected chi connectivity index (χ0v) is 14.0. The van der Waals surface area contributed by atoms with Crippen molar-refractivity contribution in [3.8, 4) is 5.75 Å². The van der Waals surface area contributed by atoms with Gasteiger partial charge in [-0.25, -0.2) is 4.68 Å². The number of aromatic nitrogens is 2. The summed E-state index contributed by atoms with van der Waals surface area (Å²) < 4.78 is 13.4. The van der Waals surface area contributed by atoms with Crippen molar-refractivity contribution < 1.29 is 9.15 Å². The highest BCUT2D eigenvalue weighted by Gasteiger charge is 2.20. The molecule has 0 spiro atoms. The van der Waals surface area contributed by atoms with Crippen molar-refractivity contribution in [1.82, 2.24) is 15.1 Å². The maximum atomic E-state index is 6.01. The molecule has 0 amide bonds. The van der Waals surface area contributed by atoms with E-state index in [2.05, 4.69) is 28.7 Å². The van der Waals surface area contributed by atoms with Gasteiger partial charge in [-0.1, -0.05) is 12.1 Å². The van der Waals surface area contributed by atoms with Crippen LogP contribution >= 0.6 is 0 Å². The summed E-state index contributed by atoms with van der Waals surface area (Å²) in [5.74, 6) is 3.30. The van der Waals surface area contributed by atoms with Crippen LogP contribution in [0.4, 0.5) is 5.82 Å². The lowest BCUT2D eigenvalue weighted by Gasteiger charge is -2.26. The first-order valence-corrected chi connectivity index (χ1v) is 8.30. The Morgan fingerprint density at radius 1 is 1.46 bits per heavy atom. The van der Waals surface area contributed by atoms with Gasteiger partial charge < -0.3 is 19.8 Å². The van der Waals surface area contributed by atoms with Gasteiger partial charge in [-0.05, 0) is 19.1 Å². The largest absolute Gasteiger partial charge is 0.493 e. The van der Waals surface area contributed by atoms with Crippen LogP contribution in [0.3, 0.4) is 0 Å². The third-order valence-electron chi connectivity index (χ3n) is 4.61. The number of anilines is 1. The van der Waals surface area contributed by atoms with Crippen molar-refractivity contribution in [2.45, 2.75) is 19.5 Å². The maximum absolute atomic E-state index is 6.01. The molecule has 24 heavy (non-hydrogen) atoms. The van der Waals surface area contributed by atoms with E-state index in [-0.39, 0.29) is 6.04 Å². The minimum Gasteiger partial charge on any atom is -0.493 e. The molecule has 2 aromatic heterocycles. The molecule has 4 rings (SSSR count). The van der Waals surface area contributed by atoms with Gasteiger partial charge in [0.2, 0.25) is 0 Å². The predicted molar refractivity (Wildman–Crippen MR) is 93.4 cm³/mol. The third-order valence-corrected chi connectivity index (χ3v) is 4.61. The third kappa shape index (κ3) is 2.73. The van der Waals surface area contributed by atoms with Crippen LogP contribution in [0.5, 0.6) is 5.75 Å². The summed E-state index contributed by atoms with van der Waals surface area (Å²) in [5.41, 5.74) is 0.809. The summed E-state index contributed by atoms with van der Waals surface area (Å²) in [5, 5.41) is 12.4. The Labute approximate surface area is 140 Å². The van der Waals surface area contributed by atoms with E-state index in [1.165, 1.54) is 0 Å². The number of rotatable bonds is 5. The molecule has 0 unspecified atom stereocenters.